The number of amides is 1. The molecule has 0 aliphatic rings. The second-order valence-electron chi connectivity index (χ2n) is 11.5. The Balaban J connectivity index is 3.65. The summed E-state index contributed by atoms with van der Waals surface area (Å²) in [5.41, 5.74) is 0. The number of rotatable bonds is 36. The van der Waals surface area contributed by atoms with Gasteiger partial charge < -0.3 is 44.9 Å². The second kappa shape index (κ2) is 31.3. The first-order valence-corrected chi connectivity index (χ1v) is 17.0. The number of aliphatic carboxylic acids is 3. The van der Waals surface area contributed by atoms with Crippen molar-refractivity contribution >= 4 is 35.4 Å². The number of Topliss-reactive ketones (excluding diaryl/α,β-unsaturated/α-hetero) is 2. The Hall–Kier alpha value is -2.98. The predicted octanol–water partition coefficient (Wildman–Crippen LogP) is 2.62. The highest BCUT2D eigenvalue weighted by molar-refractivity contribution is 5.84. The van der Waals surface area contributed by atoms with E-state index in [4.69, 9.17) is 29.2 Å². The van der Waals surface area contributed by atoms with Crippen LogP contribution < -0.4 is 10.6 Å². The first-order chi connectivity index (χ1) is 23.1. The van der Waals surface area contributed by atoms with E-state index in [0.29, 0.717) is 91.1 Å². The van der Waals surface area contributed by atoms with Gasteiger partial charge in [0, 0.05) is 51.7 Å². The summed E-state index contributed by atoms with van der Waals surface area (Å²) in [6.07, 6.45) is 6.53. The molecule has 5 N–H and O–H groups in total. The molecule has 0 spiro atoms. The van der Waals surface area contributed by atoms with Crippen molar-refractivity contribution < 1.29 is 63.0 Å². The Bertz CT molecular complexity index is 916. The minimum Gasteiger partial charge on any atom is -0.481 e. The van der Waals surface area contributed by atoms with Crippen molar-refractivity contribution in [3.63, 3.8) is 0 Å². The van der Waals surface area contributed by atoms with E-state index >= 15 is 0 Å². The van der Waals surface area contributed by atoms with Gasteiger partial charge in [-0.05, 0) is 52.0 Å². The fourth-order valence-electron chi connectivity index (χ4n) is 4.57. The van der Waals surface area contributed by atoms with Gasteiger partial charge in [0.2, 0.25) is 5.91 Å². The molecule has 2 atom stereocenters. The molecule has 0 saturated heterocycles. The Labute approximate surface area is 283 Å². The maximum absolute atomic E-state index is 12.2. The number of carboxylic acid groups (broad SMARTS) is 3. The summed E-state index contributed by atoms with van der Waals surface area (Å²) in [4.78, 5) is 69.1. The van der Waals surface area contributed by atoms with Crippen LogP contribution in [0.15, 0.2) is 0 Å². The molecule has 15 nitrogen and oxygen atoms in total. The molecule has 15 heteroatoms. The van der Waals surface area contributed by atoms with Crippen molar-refractivity contribution in [1.29, 1.82) is 0 Å². The Kier molecular flexibility index (Phi) is 29.4. The number of hydrogen-bond acceptors (Lipinski definition) is 11. The topological polar surface area (TPSA) is 224 Å². The van der Waals surface area contributed by atoms with E-state index in [-0.39, 0.29) is 62.8 Å². The molecule has 0 aliphatic carbocycles. The van der Waals surface area contributed by atoms with Crippen LogP contribution in [-0.2, 0) is 47.7 Å². The largest absolute Gasteiger partial charge is 0.481 e. The third kappa shape index (κ3) is 29.2. The van der Waals surface area contributed by atoms with Crippen LogP contribution >= 0.6 is 0 Å². The minimum atomic E-state index is -1.13. The molecular weight excluding hydrogens is 632 g/mol. The number of ketones is 2. The Morgan fingerprint density at radius 2 is 1.10 bits per heavy atom. The lowest BCUT2D eigenvalue weighted by Crippen LogP contribution is -2.34. The monoisotopic (exact) mass is 690 g/mol. The molecule has 0 unspecified atom stereocenters. The van der Waals surface area contributed by atoms with Gasteiger partial charge in [-0.2, -0.15) is 0 Å². The van der Waals surface area contributed by atoms with Crippen LogP contribution in [0.1, 0.15) is 96.3 Å². The lowest BCUT2D eigenvalue weighted by atomic mass is 9.96. The molecule has 0 aliphatic heterocycles. The highest BCUT2D eigenvalue weighted by Crippen LogP contribution is 2.14. The molecule has 0 aromatic rings. The van der Waals surface area contributed by atoms with E-state index in [9.17, 15) is 33.9 Å². The van der Waals surface area contributed by atoms with E-state index in [2.05, 4.69) is 10.6 Å². The number of unbranched alkanes of at least 4 members (excludes halogenated alkanes) is 4. The lowest BCUT2D eigenvalue weighted by Gasteiger charge is -2.13. The van der Waals surface area contributed by atoms with Gasteiger partial charge in [-0.25, -0.2) is 0 Å². The van der Waals surface area contributed by atoms with Crippen molar-refractivity contribution in [2.24, 2.45) is 5.92 Å². The summed E-state index contributed by atoms with van der Waals surface area (Å²) in [5, 5.41) is 32.4. The minimum absolute atomic E-state index is 0.0208. The van der Waals surface area contributed by atoms with Crippen LogP contribution in [0.3, 0.4) is 0 Å². The molecule has 0 heterocycles. The van der Waals surface area contributed by atoms with Crippen molar-refractivity contribution in [3.05, 3.63) is 0 Å². The first-order valence-electron chi connectivity index (χ1n) is 17.0. The summed E-state index contributed by atoms with van der Waals surface area (Å²) in [5.74, 6) is -4.17. The number of hydrogen-bond donors (Lipinski definition) is 5. The third-order valence-electron chi connectivity index (χ3n) is 7.41. The highest BCUT2D eigenvalue weighted by Gasteiger charge is 2.22. The molecule has 48 heavy (non-hydrogen) atoms. The van der Waals surface area contributed by atoms with Crippen molar-refractivity contribution in [1.82, 2.24) is 10.6 Å². The maximum Gasteiger partial charge on any atom is 0.320 e. The van der Waals surface area contributed by atoms with E-state index < -0.39 is 29.9 Å². The van der Waals surface area contributed by atoms with E-state index in [0.717, 1.165) is 19.3 Å². The molecule has 278 valence electrons. The van der Waals surface area contributed by atoms with Gasteiger partial charge in [-0.3, -0.25) is 28.8 Å². The van der Waals surface area contributed by atoms with Crippen LogP contribution in [0.2, 0.25) is 0 Å². The van der Waals surface area contributed by atoms with Crippen molar-refractivity contribution in [3.8, 4) is 0 Å². The summed E-state index contributed by atoms with van der Waals surface area (Å²) in [6, 6.07) is -0.632. The summed E-state index contributed by atoms with van der Waals surface area (Å²) >= 11 is 0. The predicted molar refractivity (Wildman–Crippen MR) is 175 cm³/mol. The van der Waals surface area contributed by atoms with Crippen LogP contribution in [0.5, 0.6) is 0 Å². The van der Waals surface area contributed by atoms with Crippen LogP contribution in [0.25, 0.3) is 0 Å². The van der Waals surface area contributed by atoms with Gasteiger partial charge >= 0.3 is 17.9 Å². The van der Waals surface area contributed by atoms with Gasteiger partial charge in [0.15, 0.2) is 0 Å². The Morgan fingerprint density at radius 3 is 1.67 bits per heavy atom. The summed E-state index contributed by atoms with van der Waals surface area (Å²) in [7, 11) is 1.57. The third-order valence-corrected chi connectivity index (χ3v) is 7.41. The van der Waals surface area contributed by atoms with E-state index in [1.54, 1.807) is 7.05 Å². The van der Waals surface area contributed by atoms with Crippen LogP contribution in [-0.4, -0.2) is 123 Å². The van der Waals surface area contributed by atoms with E-state index in [1.807, 2.05) is 0 Å². The molecule has 0 rings (SSSR count). The number of carbonyl (C=O) groups is 6. The van der Waals surface area contributed by atoms with Crippen LogP contribution in [0.4, 0.5) is 0 Å². The molecule has 0 aromatic heterocycles. The summed E-state index contributed by atoms with van der Waals surface area (Å²) in [6.45, 7) is 3.14. The average molecular weight is 691 g/mol. The van der Waals surface area contributed by atoms with Crippen molar-refractivity contribution in [2.45, 2.75) is 102 Å². The molecule has 0 aromatic carbocycles. The Morgan fingerprint density at radius 1 is 0.542 bits per heavy atom. The lowest BCUT2D eigenvalue weighted by molar-refractivity contribution is -0.144. The molecule has 0 fully saturated rings. The molecule has 0 radical (unpaired) electrons. The quantitative estimate of drug-likeness (QED) is 0.0596. The van der Waals surface area contributed by atoms with E-state index in [1.165, 1.54) is 0 Å². The fraction of sp³-hybridized carbons (Fsp3) is 0.818. The molecule has 0 bridgehead atoms. The normalized spacial score (nSPS) is 12.4. The standard InChI is InChI=1S/C33H58N2O13/c1-34-29(33(43)44)11-6-7-16-35-30(38)14-13-26(32(41)42)25-28(37)15-18-46-20-22-48-24-23-47-21-19-45-17-8-10-27(36)9-4-2-3-5-12-31(39)40/h26,29,34H,2-25H2,1H3,(H,35,38)(H,39,40)(H,41,42)(H,43,44)/t26-,29+/m1/s1. The van der Waals surface area contributed by atoms with Gasteiger partial charge in [-0.1, -0.05) is 12.8 Å². The fourth-order valence-corrected chi connectivity index (χ4v) is 4.57. The SMILES string of the molecule is CN[C@@H](CCCCNC(=O)CC[C@H](CC(=O)CCOCCOCCOCCOCCCC(=O)CCCCCCC(=O)O)C(=O)O)C(=O)O. The number of nitrogens with one attached hydrogen (secondary N) is 2. The molecule has 1 amide bonds. The molecule has 0 saturated carbocycles. The van der Waals surface area contributed by atoms with Gasteiger partial charge in [0.05, 0.1) is 52.2 Å². The van der Waals surface area contributed by atoms with Gasteiger partial charge in [0.1, 0.15) is 17.6 Å². The number of likely N-dealkylation sites (N-methyl/N-ethyl adjacent to an activating group) is 1. The van der Waals surface area contributed by atoms with Gasteiger partial charge in [-0.15, -0.1) is 0 Å². The van der Waals surface area contributed by atoms with Gasteiger partial charge in [0.25, 0.3) is 0 Å². The number of carboxylic acids is 3. The maximum atomic E-state index is 12.2. The number of ether oxygens (including phenoxy) is 4. The van der Waals surface area contributed by atoms with Crippen LogP contribution in [0, 0.1) is 5.92 Å². The summed E-state index contributed by atoms with van der Waals surface area (Å²) < 4.78 is 21.7. The van der Waals surface area contributed by atoms with Crippen molar-refractivity contribution in [2.75, 3.05) is 66.4 Å². The highest BCUT2D eigenvalue weighted by atomic mass is 16.6. The zero-order valence-electron chi connectivity index (χ0n) is 28.5. The molecular formula is C33H58N2O13. The average Bonchev–Trinajstić information content (AvgIpc) is 3.03. The number of carbonyl (C=O) groups excluding carboxylic acids is 3. The smallest absolute Gasteiger partial charge is 0.320 e. The second-order valence-corrected chi connectivity index (χ2v) is 11.5. The first kappa shape index (κ1) is 45.0. The zero-order valence-corrected chi connectivity index (χ0v) is 28.5. The zero-order chi connectivity index (χ0) is 35.8.